The first-order chi connectivity index (χ1) is 8.77. The summed E-state index contributed by atoms with van der Waals surface area (Å²) >= 11 is 1.65. The molecule has 1 fully saturated rings. The Kier molecular flexibility index (Phi) is 3.71. The van der Waals surface area contributed by atoms with Crippen LogP contribution in [0.25, 0.3) is 0 Å². The molecule has 1 atom stereocenters. The number of nitrogens with zero attached hydrogens (tertiary/aromatic N) is 1. The van der Waals surface area contributed by atoms with Crippen LogP contribution in [-0.4, -0.2) is 40.9 Å². The number of likely N-dealkylation sites (tertiary alicyclic amines) is 1. The van der Waals surface area contributed by atoms with Gasteiger partial charge in [-0.05, 0) is 25.3 Å². The fourth-order valence-corrected chi connectivity index (χ4v) is 2.74. The van der Waals surface area contributed by atoms with Gasteiger partial charge in [-0.1, -0.05) is 13.8 Å². The number of amides is 1. The Morgan fingerprint density at radius 1 is 1.42 bits per heavy atom. The maximum absolute atomic E-state index is 12.4. The average molecular weight is 283 g/mol. The molecular formula is C14H21NO3S. The second-order valence-corrected chi connectivity index (χ2v) is 6.88. The maximum atomic E-state index is 12.4. The number of carbonyl (C=O) groups is 1. The van der Waals surface area contributed by atoms with Crippen LogP contribution in [0.3, 0.4) is 0 Å². The highest BCUT2D eigenvalue weighted by molar-refractivity contribution is 7.97. The third kappa shape index (κ3) is 2.67. The van der Waals surface area contributed by atoms with Gasteiger partial charge in [0.2, 0.25) is 0 Å². The van der Waals surface area contributed by atoms with Gasteiger partial charge >= 0.3 is 0 Å². The normalized spacial score (nSPS) is 25.8. The lowest BCUT2D eigenvalue weighted by Crippen LogP contribution is -2.40. The van der Waals surface area contributed by atoms with Crippen molar-refractivity contribution in [3.05, 3.63) is 23.7 Å². The van der Waals surface area contributed by atoms with E-state index >= 15 is 0 Å². The first-order valence-electron chi connectivity index (χ1n) is 6.36. The minimum Gasteiger partial charge on any atom is -0.455 e. The molecule has 1 aromatic heterocycles. The molecule has 106 valence electrons. The Bertz CT molecular complexity index is 463. The molecule has 2 rings (SSSR count). The summed E-state index contributed by atoms with van der Waals surface area (Å²) in [7, 11) is 0. The van der Waals surface area contributed by atoms with Gasteiger partial charge in [0.1, 0.15) is 5.76 Å². The van der Waals surface area contributed by atoms with E-state index in [-0.39, 0.29) is 11.3 Å². The largest absolute Gasteiger partial charge is 0.455 e. The van der Waals surface area contributed by atoms with Gasteiger partial charge in [-0.3, -0.25) is 4.79 Å². The minimum absolute atomic E-state index is 0.141. The highest BCUT2D eigenvalue weighted by Gasteiger charge is 2.49. The van der Waals surface area contributed by atoms with Crippen molar-refractivity contribution < 1.29 is 14.3 Å². The van der Waals surface area contributed by atoms with E-state index in [2.05, 4.69) is 0 Å². The molecule has 5 heteroatoms. The Balaban J connectivity index is 2.13. The molecule has 0 bridgehead atoms. The van der Waals surface area contributed by atoms with Crippen LogP contribution < -0.4 is 0 Å². The van der Waals surface area contributed by atoms with Gasteiger partial charge in [-0.2, -0.15) is 11.8 Å². The van der Waals surface area contributed by atoms with Crippen LogP contribution in [0, 0.1) is 5.41 Å². The Labute approximate surface area is 118 Å². The van der Waals surface area contributed by atoms with Gasteiger partial charge in [0.15, 0.2) is 5.76 Å². The summed E-state index contributed by atoms with van der Waals surface area (Å²) in [6, 6.07) is 3.55. The van der Waals surface area contributed by atoms with Crippen molar-refractivity contribution in [1.29, 1.82) is 0 Å². The fourth-order valence-electron chi connectivity index (χ4n) is 2.30. The first kappa shape index (κ1) is 14.5. The topological polar surface area (TPSA) is 53.7 Å². The van der Waals surface area contributed by atoms with Crippen LogP contribution >= 0.6 is 11.8 Å². The van der Waals surface area contributed by atoms with Crippen molar-refractivity contribution in [1.82, 2.24) is 4.90 Å². The molecule has 0 aromatic carbocycles. The maximum Gasteiger partial charge on any atom is 0.289 e. The van der Waals surface area contributed by atoms with E-state index in [1.54, 1.807) is 29.7 Å². The number of furan rings is 1. The highest BCUT2D eigenvalue weighted by Crippen LogP contribution is 2.38. The summed E-state index contributed by atoms with van der Waals surface area (Å²) in [6.45, 7) is 6.61. The molecule has 0 radical (unpaired) electrons. The zero-order valence-electron chi connectivity index (χ0n) is 11.9. The number of aliphatic hydroxyl groups is 1. The van der Waals surface area contributed by atoms with Crippen LogP contribution in [0.4, 0.5) is 0 Å². The van der Waals surface area contributed by atoms with Crippen molar-refractivity contribution in [2.45, 2.75) is 32.1 Å². The molecule has 1 aliphatic heterocycles. The standard InChI is InChI=1S/C14H21NO3S/c1-13(2)8-15(9-14(13,3)17)12(16)11-6-5-10(18-11)7-19-4/h5-6,17H,7-9H2,1-4H3/t14-/m1/s1. The van der Waals surface area contributed by atoms with Crippen LogP contribution in [0.5, 0.6) is 0 Å². The first-order valence-corrected chi connectivity index (χ1v) is 7.75. The van der Waals surface area contributed by atoms with Crippen molar-refractivity contribution in [2.75, 3.05) is 19.3 Å². The van der Waals surface area contributed by atoms with Crippen molar-refractivity contribution in [3.63, 3.8) is 0 Å². The van der Waals surface area contributed by atoms with Gasteiger partial charge in [0.25, 0.3) is 5.91 Å². The van der Waals surface area contributed by atoms with Crippen LogP contribution in [0.2, 0.25) is 0 Å². The fraction of sp³-hybridized carbons (Fsp3) is 0.643. The van der Waals surface area contributed by atoms with Gasteiger partial charge < -0.3 is 14.4 Å². The summed E-state index contributed by atoms with van der Waals surface area (Å²) in [6.07, 6.45) is 1.99. The van der Waals surface area contributed by atoms with E-state index in [9.17, 15) is 9.90 Å². The molecular weight excluding hydrogens is 262 g/mol. The molecule has 2 heterocycles. The molecule has 0 spiro atoms. The number of rotatable bonds is 3. The van der Waals surface area contributed by atoms with Gasteiger partial charge in [0, 0.05) is 12.0 Å². The quantitative estimate of drug-likeness (QED) is 0.925. The van der Waals surface area contributed by atoms with Crippen molar-refractivity contribution in [3.8, 4) is 0 Å². The summed E-state index contributed by atoms with van der Waals surface area (Å²) in [5.41, 5.74) is -1.17. The number of β-amino-alcohol motifs (C(OH)–C–C–N with tert-alkyl or cyclic N) is 1. The second-order valence-electron chi connectivity index (χ2n) is 6.02. The Morgan fingerprint density at radius 2 is 2.11 bits per heavy atom. The van der Waals surface area contributed by atoms with Crippen molar-refractivity contribution in [2.24, 2.45) is 5.41 Å². The molecule has 1 aromatic rings. The zero-order chi connectivity index (χ0) is 14.3. The average Bonchev–Trinajstić information content (AvgIpc) is 2.82. The van der Waals surface area contributed by atoms with E-state index in [1.165, 1.54) is 0 Å². The third-order valence-electron chi connectivity index (χ3n) is 3.99. The zero-order valence-corrected chi connectivity index (χ0v) is 12.7. The van der Waals surface area contributed by atoms with Gasteiger partial charge in [0.05, 0.1) is 17.9 Å². The predicted molar refractivity (Wildman–Crippen MR) is 76.2 cm³/mol. The number of thioether (sulfide) groups is 1. The summed E-state index contributed by atoms with van der Waals surface area (Å²) in [5.74, 6) is 1.79. The van der Waals surface area contributed by atoms with E-state index in [4.69, 9.17) is 4.42 Å². The van der Waals surface area contributed by atoms with E-state index in [0.29, 0.717) is 18.8 Å². The summed E-state index contributed by atoms with van der Waals surface area (Å²) < 4.78 is 5.54. The van der Waals surface area contributed by atoms with E-state index in [0.717, 1.165) is 11.5 Å². The Morgan fingerprint density at radius 3 is 2.63 bits per heavy atom. The summed E-state index contributed by atoms with van der Waals surface area (Å²) in [5, 5.41) is 10.4. The predicted octanol–water partition coefficient (Wildman–Crippen LogP) is 2.38. The lowest BCUT2D eigenvalue weighted by Gasteiger charge is -2.30. The second kappa shape index (κ2) is 4.87. The van der Waals surface area contributed by atoms with Crippen LogP contribution in [0.15, 0.2) is 16.5 Å². The summed E-state index contributed by atoms with van der Waals surface area (Å²) in [4.78, 5) is 14.0. The molecule has 4 nitrogen and oxygen atoms in total. The molecule has 0 saturated carbocycles. The molecule has 19 heavy (non-hydrogen) atoms. The highest BCUT2D eigenvalue weighted by atomic mass is 32.2. The minimum atomic E-state index is -0.864. The van der Waals surface area contributed by atoms with E-state index < -0.39 is 5.60 Å². The lowest BCUT2D eigenvalue weighted by atomic mass is 9.79. The Hall–Kier alpha value is -0.940. The van der Waals surface area contributed by atoms with Crippen molar-refractivity contribution >= 4 is 17.7 Å². The van der Waals surface area contributed by atoms with Crippen LogP contribution in [-0.2, 0) is 5.75 Å². The number of carbonyl (C=O) groups excluding carboxylic acids is 1. The molecule has 0 aliphatic carbocycles. The monoisotopic (exact) mass is 283 g/mol. The van der Waals surface area contributed by atoms with E-state index in [1.807, 2.05) is 26.2 Å². The third-order valence-corrected chi connectivity index (χ3v) is 4.56. The smallest absolute Gasteiger partial charge is 0.289 e. The van der Waals surface area contributed by atoms with Crippen LogP contribution in [0.1, 0.15) is 37.1 Å². The number of hydrogen-bond donors (Lipinski definition) is 1. The van der Waals surface area contributed by atoms with Gasteiger partial charge in [-0.15, -0.1) is 0 Å². The molecule has 1 aliphatic rings. The molecule has 1 amide bonds. The molecule has 1 N–H and O–H groups in total. The lowest BCUT2D eigenvalue weighted by molar-refractivity contribution is -0.0108. The molecule has 1 saturated heterocycles. The number of hydrogen-bond acceptors (Lipinski definition) is 4. The SMILES string of the molecule is CSCc1ccc(C(=O)N2CC(C)(C)[C@](C)(O)C2)o1. The molecule has 0 unspecified atom stereocenters. The van der Waals surface area contributed by atoms with Gasteiger partial charge in [-0.25, -0.2) is 0 Å².